The monoisotopic (exact) mass is 278 g/mol. The predicted molar refractivity (Wildman–Crippen MR) is 75.5 cm³/mol. The number of benzene rings is 2. The Labute approximate surface area is 113 Å². The fourth-order valence-electron chi connectivity index (χ4n) is 2.31. The van der Waals surface area contributed by atoms with Crippen LogP contribution in [0.25, 0.3) is 10.8 Å². The van der Waals surface area contributed by atoms with Gasteiger partial charge in [0.1, 0.15) is 10.1 Å². The fourth-order valence-corrected chi connectivity index (χ4v) is 3.00. The molecule has 0 saturated heterocycles. The van der Waals surface area contributed by atoms with Crippen LogP contribution in [0.3, 0.4) is 0 Å². The number of rotatable bonds is 4. The molecule has 4 nitrogen and oxygen atoms in total. The van der Waals surface area contributed by atoms with Gasteiger partial charge in [0, 0.05) is 29.5 Å². The third-order valence-corrected chi connectivity index (χ3v) is 4.13. The summed E-state index contributed by atoms with van der Waals surface area (Å²) in [4.78, 5) is 1.97. The Hall–Kier alpha value is -1.59. The van der Waals surface area contributed by atoms with E-state index >= 15 is 0 Å². The van der Waals surface area contributed by atoms with Crippen LogP contribution in [0.15, 0.2) is 41.3 Å². The summed E-state index contributed by atoms with van der Waals surface area (Å²) >= 11 is 0. The highest BCUT2D eigenvalue weighted by molar-refractivity contribution is 7.86. The quantitative estimate of drug-likeness (QED) is 0.806. The van der Waals surface area contributed by atoms with Crippen LogP contribution in [0.1, 0.15) is 13.8 Å². The maximum atomic E-state index is 11.3. The summed E-state index contributed by atoms with van der Waals surface area (Å²) < 4.78 is 33.9. The van der Waals surface area contributed by atoms with Crippen molar-refractivity contribution in [3.05, 3.63) is 36.4 Å². The highest BCUT2D eigenvalue weighted by Crippen LogP contribution is 2.31. The standard InChI is InChI=1S/C14H17NO3S/c1-3-15(4-2)13-9-10-14(19(16,17)18)12-8-6-5-7-11(12)13/h5-10H,3-4H2,1-2H3,(H,16,17,18)/p-1. The summed E-state index contributed by atoms with van der Waals surface area (Å²) in [5.41, 5.74) is 0.952. The zero-order valence-electron chi connectivity index (χ0n) is 11.0. The molecule has 102 valence electrons. The summed E-state index contributed by atoms with van der Waals surface area (Å²) in [6, 6.07) is 10.2. The van der Waals surface area contributed by atoms with Gasteiger partial charge in [-0.15, -0.1) is 0 Å². The molecule has 2 rings (SSSR count). The summed E-state index contributed by atoms with van der Waals surface area (Å²) in [6.45, 7) is 5.72. The molecular formula is C14H16NO3S-. The largest absolute Gasteiger partial charge is 0.744 e. The second-order valence-electron chi connectivity index (χ2n) is 4.25. The Balaban J connectivity index is 2.79. The van der Waals surface area contributed by atoms with E-state index in [1.807, 2.05) is 26.0 Å². The third-order valence-electron chi connectivity index (χ3n) is 3.23. The molecule has 0 atom stereocenters. The van der Waals surface area contributed by atoms with Crippen molar-refractivity contribution in [3.63, 3.8) is 0 Å². The number of hydrogen-bond donors (Lipinski definition) is 0. The Kier molecular flexibility index (Phi) is 3.78. The molecule has 2 aromatic rings. The van der Waals surface area contributed by atoms with Crippen LogP contribution in [-0.2, 0) is 10.1 Å². The molecule has 0 heterocycles. The van der Waals surface area contributed by atoms with Crippen molar-refractivity contribution in [1.82, 2.24) is 0 Å². The molecule has 2 aromatic carbocycles. The molecule has 0 N–H and O–H groups in total. The van der Waals surface area contributed by atoms with Crippen LogP contribution in [0.4, 0.5) is 5.69 Å². The molecule has 0 aromatic heterocycles. The lowest BCUT2D eigenvalue weighted by atomic mass is 10.1. The van der Waals surface area contributed by atoms with Gasteiger partial charge >= 0.3 is 0 Å². The first-order valence-corrected chi connectivity index (χ1v) is 7.62. The average Bonchev–Trinajstić information content (AvgIpc) is 2.39. The Morgan fingerprint density at radius 1 is 1.00 bits per heavy atom. The molecule has 0 aliphatic carbocycles. The van der Waals surface area contributed by atoms with Crippen molar-refractivity contribution < 1.29 is 13.0 Å². The van der Waals surface area contributed by atoms with Gasteiger partial charge in [0.05, 0.1) is 4.90 Å². The first kappa shape index (κ1) is 13.8. The SMILES string of the molecule is CCN(CC)c1ccc(S(=O)(=O)[O-])c2ccccc12. The van der Waals surface area contributed by atoms with E-state index in [1.54, 1.807) is 18.2 Å². The lowest BCUT2D eigenvalue weighted by molar-refractivity contribution is 0.464. The second kappa shape index (κ2) is 5.19. The van der Waals surface area contributed by atoms with Gasteiger partial charge in [-0.3, -0.25) is 0 Å². The minimum Gasteiger partial charge on any atom is -0.744 e. The normalized spacial score (nSPS) is 11.7. The number of nitrogens with zero attached hydrogens (tertiary/aromatic N) is 1. The molecule has 19 heavy (non-hydrogen) atoms. The molecule has 0 amide bonds. The van der Waals surface area contributed by atoms with Crippen LogP contribution in [0, 0.1) is 0 Å². The van der Waals surface area contributed by atoms with Crippen molar-refractivity contribution in [3.8, 4) is 0 Å². The van der Waals surface area contributed by atoms with E-state index in [0.29, 0.717) is 5.39 Å². The van der Waals surface area contributed by atoms with Crippen molar-refractivity contribution >= 4 is 26.6 Å². The maximum absolute atomic E-state index is 11.3. The zero-order valence-corrected chi connectivity index (χ0v) is 11.8. The van der Waals surface area contributed by atoms with E-state index in [1.165, 1.54) is 6.07 Å². The molecule has 0 radical (unpaired) electrons. The summed E-state index contributed by atoms with van der Waals surface area (Å²) in [5.74, 6) is 0. The van der Waals surface area contributed by atoms with Crippen LogP contribution in [0.5, 0.6) is 0 Å². The zero-order chi connectivity index (χ0) is 14.0. The van der Waals surface area contributed by atoms with E-state index in [-0.39, 0.29) is 4.90 Å². The van der Waals surface area contributed by atoms with Crippen molar-refractivity contribution in [2.75, 3.05) is 18.0 Å². The molecule has 0 unspecified atom stereocenters. The first-order chi connectivity index (χ1) is 8.99. The van der Waals surface area contributed by atoms with E-state index < -0.39 is 10.1 Å². The van der Waals surface area contributed by atoms with Gasteiger partial charge in [-0.05, 0) is 26.0 Å². The van der Waals surface area contributed by atoms with Gasteiger partial charge in [-0.2, -0.15) is 0 Å². The molecular weight excluding hydrogens is 262 g/mol. The smallest absolute Gasteiger partial charge is 0.125 e. The van der Waals surface area contributed by atoms with Crippen LogP contribution in [0.2, 0.25) is 0 Å². The lowest BCUT2D eigenvalue weighted by Gasteiger charge is -2.24. The molecule has 0 spiro atoms. The maximum Gasteiger partial charge on any atom is 0.125 e. The van der Waals surface area contributed by atoms with Gasteiger partial charge in [0.15, 0.2) is 0 Å². The van der Waals surface area contributed by atoms with Crippen molar-refractivity contribution in [2.45, 2.75) is 18.7 Å². The fraction of sp³-hybridized carbons (Fsp3) is 0.286. The van der Waals surface area contributed by atoms with Gasteiger partial charge in [-0.1, -0.05) is 24.3 Å². The summed E-state index contributed by atoms with van der Waals surface area (Å²) in [5, 5.41) is 1.28. The van der Waals surface area contributed by atoms with Crippen LogP contribution < -0.4 is 4.90 Å². The number of hydrogen-bond acceptors (Lipinski definition) is 4. The third kappa shape index (κ3) is 2.57. The second-order valence-corrected chi connectivity index (χ2v) is 5.60. The van der Waals surface area contributed by atoms with E-state index in [0.717, 1.165) is 24.2 Å². The number of anilines is 1. The lowest BCUT2D eigenvalue weighted by Crippen LogP contribution is -2.22. The topological polar surface area (TPSA) is 60.4 Å². The van der Waals surface area contributed by atoms with Crippen LogP contribution >= 0.6 is 0 Å². The number of fused-ring (bicyclic) bond motifs is 1. The van der Waals surface area contributed by atoms with Gasteiger partial charge in [0.2, 0.25) is 0 Å². The molecule has 0 fully saturated rings. The Morgan fingerprint density at radius 2 is 1.58 bits per heavy atom. The Bertz CT molecular complexity index is 691. The van der Waals surface area contributed by atoms with Gasteiger partial charge in [-0.25, -0.2) is 8.42 Å². The van der Waals surface area contributed by atoms with Crippen molar-refractivity contribution in [1.29, 1.82) is 0 Å². The first-order valence-electron chi connectivity index (χ1n) is 6.21. The van der Waals surface area contributed by atoms with E-state index in [9.17, 15) is 13.0 Å². The minimum atomic E-state index is -4.45. The van der Waals surface area contributed by atoms with E-state index in [2.05, 4.69) is 4.90 Å². The average molecular weight is 278 g/mol. The van der Waals surface area contributed by atoms with Crippen LogP contribution in [-0.4, -0.2) is 26.1 Å². The molecule has 0 aliphatic heterocycles. The molecule has 5 heteroatoms. The predicted octanol–water partition coefficient (Wildman–Crippen LogP) is 2.59. The Morgan fingerprint density at radius 3 is 2.11 bits per heavy atom. The molecule has 0 saturated carbocycles. The van der Waals surface area contributed by atoms with Gasteiger partial charge < -0.3 is 9.45 Å². The van der Waals surface area contributed by atoms with Crippen molar-refractivity contribution in [2.24, 2.45) is 0 Å². The highest BCUT2D eigenvalue weighted by Gasteiger charge is 2.12. The molecule has 0 bridgehead atoms. The summed E-state index contributed by atoms with van der Waals surface area (Å²) in [7, 11) is -4.45. The van der Waals surface area contributed by atoms with E-state index in [4.69, 9.17) is 0 Å². The molecule has 0 aliphatic rings. The highest BCUT2D eigenvalue weighted by atomic mass is 32.2. The van der Waals surface area contributed by atoms with Gasteiger partial charge in [0.25, 0.3) is 0 Å². The summed E-state index contributed by atoms with van der Waals surface area (Å²) in [6.07, 6.45) is 0. The minimum absolute atomic E-state index is 0.154.